The lowest BCUT2D eigenvalue weighted by atomic mass is 9.99. The van der Waals surface area contributed by atoms with Gasteiger partial charge in [0.15, 0.2) is 0 Å². The topological polar surface area (TPSA) is 14.8 Å². The predicted molar refractivity (Wildman–Crippen MR) is 188 cm³/mol. The summed E-state index contributed by atoms with van der Waals surface area (Å²) < 4.78 is 7.34. The van der Waals surface area contributed by atoms with Crippen LogP contribution >= 0.6 is 0 Å². The monoisotopic (exact) mass is 585 g/mol. The fourth-order valence-electron chi connectivity index (χ4n) is 6.46. The Morgan fingerprint density at radius 2 is 0.600 bits per heavy atom. The Bertz CT molecular complexity index is 1790. The van der Waals surface area contributed by atoms with Crippen molar-refractivity contribution in [3.8, 4) is 33.8 Å². The van der Waals surface area contributed by atoms with Crippen LogP contribution in [0.5, 0.6) is 0 Å². The highest BCUT2D eigenvalue weighted by Gasteiger charge is 2.17. The van der Waals surface area contributed by atoms with E-state index in [1.165, 1.54) is 67.5 Å². The highest BCUT2D eigenvalue weighted by atomic mass is 15.0. The molecule has 0 spiro atoms. The summed E-state index contributed by atoms with van der Waals surface area (Å²) >= 11 is 0. The molecule has 0 N–H and O–H groups in total. The third-order valence-corrected chi connectivity index (χ3v) is 8.97. The van der Waals surface area contributed by atoms with Crippen molar-refractivity contribution < 1.29 is 0 Å². The minimum absolute atomic E-state index is 0.835. The Hall–Kier alpha value is -5.28. The first kappa shape index (κ1) is 28.5. The van der Waals surface area contributed by atoms with Gasteiger partial charge in [0, 0.05) is 53.8 Å². The Balaban J connectivity index is 1.39. The third-order valence-electron chi connectivity index (χ3n) is 8.97. The first-order valence-corrected chi connectivity index (χ1v) is 15.8. The van der Waals surface area contributed by atoms with E-state index in [0.29, 0.717) is 0 Å². The van der Waals surface area contributed by atoms with Gasteiger partial charge in [0.05, 0.1) is 0 Å². The largest absolute Gasteiger partial charge is 0.340 e. The van der Waals surface area contributed by atoms with Crippen molar-refractivity contribution in [3.63, 3.8) is 0 Å². The van der Waals surface area contributed by atoms with Crippen LogP contribution < -0.4 is 0 Å². The fraction of sp³-hybridized carbons (Fsp3) is 0.143. The van der Waals surface area contributed by atoms with E-state index in [-0.39, 0.29) is 0 Å². The molecule has 0 fully saturated rings. The molecule has 7 aromatic rings. The summed E-state index contributed by atoms with van der Waals surface area (Å²) in [5, 5.41) is 0. The zero-order valence-corrected chi connectivity index (χ0v) is 26.3. The summed E-state index contributed by atoms with van der Waals surface area (Å²) in [6.45, 7) is 9.13. The van der Waals surface area contributed by atoms with Crippen LogP contribution in [0.3, 0.4) is 0 Å². The summed E-state index contributed by atoms with van der Waals surface area (Å²) in [6, 6.07) is 53.0. The van der Waals surface area contributed by atoms with Crippen LogP contribution in [0.15, 0.2) is 146 Å². The zero-order chi connectivity index (χ0) is 30.8. The van der Waals surface area contributed by atoms with E-state index in [1.807, 2.05) is 0 Å². The second-order valence-electron chi connectivity index (χ2n) is 12.1. The molecule has 0 amide bonds. The molecular weight excluding hydrogens is 546 g/mol. The Labute approximate surface area is 266 Å². The van der Waals surface area contributed by atoms with Crippen LogP contribution in [-0.4, -0.2) is 13.7 Å². The van der Waals surface area contributed by atoms with Gasteiger partial charge in [-0.1, -0.05) is 91.0 Å². The van der Waals surface area contributed by atoms with Crippen LogP contribution in [0.25, 0.3) is 33.8 Å². The summed E-state index contributed by atoms with van der Waals surface area (Å²) in [7, 11) is 0. The quantitative estimate of drug-likeness (QED) is 0.160. The molecule has 45 heavy (non-hydrogen) atoms. The molecule has 3 heterocycles. The standard InChI is InChI=1S/C42H39N3/c1-31-19-22-40(43(31)28-34-13-7-4-8-14-34)37-25-38(41-23-20-32(2)44(41)29-35-15-9-5-10-16-35)27-39(26-37)42-24-21-33(3)45(42)30-36-17-11-6-12-18-36/h4-27H,28-30H2,1-3H3. The molecule has 0 atom stereocenters. The summed E-state index contributed by atoms with van der Waals surface area (Å²) in [5.74, 6) is 0. The van der Waals surface area contributed by atoms with Crippen molar-refractivity contribution in [2.24, 2.45) is 0 Å². The van der Waals surface area contributed by atoms with Crippen LogP contribution in [-0.2, 0) is 19.6 Å². The summed E-state index contributed by atoms with van der Waals surface area (Å²) in [4.78, 5) is 0. The molecule has 3 heteroatoms. The van der Waals surface area contributed by atoms with Crippen molar-refractivity contribution in [1.82, 2.24) is 13.7 Å². The average molecular weight is 586 g/mol. The third kappa shape index (κ3) is 5.94. The van der Waals surface area contributed by atoms with Gasteiger partial charge in [-0.15, -0.1) is 0 Å². The molecule has 0 unspecified atom stereocenters. The molecule has 0 aliphatic heterocycles. The van der Waals surface area contributed by atoms with Crippen molar-refractivity contribution in [3.05, 3.63) is 179 Å². The number of benzene rings is 4. The molecule has 3 aromatic heterocycles. The van der Waals surface area contributed by atoms with Gasteiger partial charge >= 0.3 is 0 Å². The normalized spacial score (nSPS) is 11.3. The van der Waals surface area contributed by atoms with Crippen molar-refractivity contribution in [1.29, 1.82) is 0 Å². The fourth-order valence-corrected chi connectivity index (χ4v) is 6.46. The molecule has 7 rings (SSSR count). The molecule has 222 valence electrons. The maximum atomic E-state index is 2.45. The molecule has 0 saturated carbocycles. The lowest BCUT2D eigenvalue weighted by molar-refractivity contribution is 0.780. The number of hydrogen-bond donors (Lipinski definition) is 0. The van der Waals surface area contributed by atoms with E-state index in [9.17, 15) is 0 Å². The van der Waals surface area contributed by atoms with Gasteiger partial charge < -0.3 is 13.7 Å². The molecule has 4 aromatic carbocycles. The molecule has 0 bridgehead atoms. The summed E-state index contributed by atoms with van der Waals surface area (Å²) in [6.07, 6.45) is 0. The van der Waals surface area contributed by atoms with Gasteiger partial charge in [-0.3, -0.25) is 0 Å². The van der Waals surface area contributed by atoms with Crippen LogP contribution in [0, 0.1) is 20.8 Å². The van der Waals surface area contributed by atoms with Gasteiger partial charge in [0.25, 0.3) is 0 Å². The number of hydrogen-bond acceptors (Lipinski definition) is 0. The van der Waals surface area contributed by atoms with Gasteiger partial charge in [-0.25, -0.2) is 0 Å². The lowest BCUT2D eigenvalue weighted by Crippen LogP contribution is -2.06. The second kappa shape index (κ2) is 12.4. The molecule has 3 nitrogen and oxygen atoms in total. The van der Waals surface area contributed by atoms with Gasteiger partial charge in [0.1, 0.15) is 0 Å². The van der Waals surface area contributed by atoms with Gasteiger partial charge in [-0.2, -0.15) is 0 Å². The lowest BCUT2D eigenvalue weighted by Gasteiger charge is -2.18. The minimum Gasteiger partial charge on any atom is -0.340 e. The molecule has 0 radical (unpaired) electrons. The number of aromatic nitrogens is 3. The number of aryl methyl sites for hydroxylation is 3. The van der Waals surface area contributed by atoms with Crippen molar-refractivity contribution >= 4 is 0 Å². The maximum absolute atomic E-state index is 2.45. The average Bonchev–Trinajstić information content (AvgIpc) is 3.75. The number of rotatable bonds is 9. The van der Waals surface area contributed by atoms with Crippen LogP contribution in [0.2, 0.25) is 0 Å². The van der Waals surface area contributed by atoms with E-state index in [1.54, 1.807) is 0 Å². The molecular formula is C42H39N3. The van der Waals surface area contributed by atoms with E-state index < -0.39 is 0 Å². The first-order chi connectivity index (χ1) is 22.0. The molecule has 0 saturated heterocycles. The van der Waals surface area contributed by atoms with E-state index in [0.717, 1.165) is 19.6 Å². The Kier molecular flexibility index (Phi) is 7.83. The Morgan fingerprint density at radius 1 is 0.333 bits per heavy atom. The predicted octanol–water partition coefficient (Wildman–Crippen LogP) is 10.2. The molecule has 0 aliphatic rings. The van der Waals surface area contributed by atoms with E-state index >= 15 is 0 Å². The van der Waals surface area contributed by atoms with Crippen LogP contribution in [0.1, 0.15) is 33.8 Å². The highest BCUT2D eigenvalue weighted by molar-refractivity contribution is 5.79. The van der Waals surface area contributed by atoms with Crippen molar-refractivity contribution in [2.45, 2.75) is 40.4 Å². The minimum atomic E-state index is 0.835. The van der Waals surface area contributed by atoms with E-state index in [4.69, 9.17) is 0 Å². The van der Waals surface area contributed by atoms with Crippen molar-refractivity contribution in [2.75, 3.05) is 0 Å². The van der Waals surface area contributed by atoms with Gasteiger partial charge in [0.2, 0.25) is 0 Å². The maximum Gasteiger partial charge on any atom is 0.0485 e. The van der Waals surface area contributed by atoms with Crippen LogP contribution in [0.4, 0.5) is 0 Å². The Morgan fingerprint density at radius 3 is 0.867 bits per heavy atom. The highest BCUT2D eigenvalue weighted by Crippen LogP contribution is 2.36. The van der Waals surface area contributed by atoms with Gasteiger partial charge in [-0.05, 0) is 109 Å². The smallest absolute Gasteiger partial charge is 0.0485 e. The first-order valence-electron chi connectivity index (χ1n) is 15.8. The molecule has 0 aliphatic carbocycles. The second-order valence-corrected chi connectivity index (χ2v) is 12.1. The SMILES string of the molecule is Cc1ccc(-c2cc(-c3ccc(C)n3Cc3ccccc3)cc(-c3ccc(C)n3Cc3ccccc3)c2)n1Cc1ccccc1. The zero-order valence-electron chi connectivity index (χ0n) is 26.3. The number of nitrogens with zero attached hydrogens (tertiary/aromatic N) is 3. The van der Waals surface area contributed by atoms with E-state index in [2.05, 4.69) is 180 Å². The summed E-state index contributed by atoms with van der Waals surface area (Å²) in [5.41, 5.74) is 15.0.